The lowest BCUT2D eigenvalue weighted by atomic mass is 10.3. The molecule has 0 bridgehead atoms. The van der Waals surface area contributed by atoms with E-state index in [0.29, 0.717) is 17.8 Å². The van der Waals surface area contributed by atoms with Crippen molar-refractivity contribution in [3.8, 4) is 11.5 Å². The van der Waals surface area contributed by atoms with Crippen LogP contribution in [-0.4, -0.2) is 24.3 Å². The molecule has 0 aliphatic rings. The number of nitrogens with two attached hydrogens (primary N) is 1. The Morgan fingerprint density at radius 2 is 2.04 bits per heavy atom. The summed E-state index contributed by atoms with van der Waals surface area (Å²) in [6.07, 6.45) is 1.93. The van der Waals surface area contributed by atoms with E-state index in [1.54, 1.807) is 13.1 Å². The molecule has 4 N–H and O–H groups in total. The molecule has 2 aromatic rings. The van der Waals surface area contributed by atoms with Gasteiger partial charge in [-0.15, -0.1) is 0 Å². The lowest BCUT2D eigenvalue weighted by Crippen LogP contribution is -2.11. The molecule has 0 saturated heterocycles. The number of nitrogens with zero attached hydrogens (tertiary/aromatic N) is 1. The van der Waals surface area contributed by atoms with Crippen LogP contribution < -0.4 is 21.1 Å². The number of anilines is 2. The van der Waals surface area contributed by atoms with Gasteiger partial charge in [0.05, 0.1) is 0 Å². The van der Waals surface area contributed by atoms with Crippen molar-refractivity contribution in [2.45, 2.75) is 6.92 Å². The summed E-state index contributed by atoms with van der Waals surface area (Å²) >= 11 is 0. The molecule has 1 heterocycles. The fraction of sp³-hybridized carbons (Fsp3) is 0.133. The van der Waals surface area contributed by atoms with Gasteiger partial charge in [0, 0.05) is 38.0 Å². The van der Waals surface area contributed by atoms with Crippen molar-refractivity contribution in [2.75, 3.05) is 18.1 Å². The Morgan fingerprint density at radius 1 is 1.35 bits per heavy atom. The second kappa shape index (κ2) is 8.98. The number of hydrogen-bond donors (Lipinski definition) is 3. The maximum atomic E-state index is 13.6. The van der Waals surface area contributed by atoms with Gasteiger partial charge in [-0.3, -0.25) is 9.59 Å². The van der Waals surface area contributed by atoms with Crippen LogP contribution in [0.2, 0.25) is 0 Å². The summed E-state index contributed by atoms with van der Waals surface area (Å²) in [6.45, 7) is 1.47. The first kappa shape index (κ1) is 17.9. The van der Waals surface area contributed by atoms with Gasteiger partial charge in [0.15, 0.2) is 11.6 Å². The van der Waals surface area contributed by atoms with Crippen LogP contribution in [0.25, 0.3) is 0 Å². The molecule has 0 aliphatic carbocycles. The SMILES string of the molecule is CNC(C)=O.Nc1cc(Oc2ccc(NC=O)cc2F)ccn1. The van der Waals surface area contributed by atoms with Crippen LogP contribution >= 0.6 is 0 Å². The number of nitrogen functional groups attached to an aromatic ring is 1. The fourth-order valence-corrected chi connectivity index (χ4v) is 1.36. The van der Waals surface area contributed by atoms with E-state index < -0.39 is 5.82 Å². The van der Waals surface area contributed by atoms with Crippen LogP contribution in [0.1, 0.15) is 6.92 Å². The lowest BCUT2D eigenvalue weighted by Gasteiger charge is -2.08. The minimum Gasteiger partial charge on any atom is -0.454 e. The molecule has 1 aromatic heterocycles. The van der Waals surface area contributed by atoms with Gasteiger partial charge in [-0.2, -0.15) is 0 Å². The summed E-state index contributed by atoms with van der Waals surface area (Å²) in [4.78, 5) is 23.7. The van der Waals surface area contributed by atoms with Gasteiger partial charge in [0.25, 0.3) is 0 Å². The smallest absolute Gasteiger partial charge is 0.216 e. The highest BCUT2D eigenvalue weighted by atomic mass is 19.1. The number of ether oxygens (including phenoxy) is 1. The van der Waals surface area contributed by atoms with Crippen molar-refractivity contribution in [1.29, 1.82) is 0 Å². The molecule has 2 amide bonds. The molecule has 2 rings (SSSR count). The van der Waals surface area contributed by atoms with Crippen LogP contribution in [0.5, 0.6) is 11.5 Å². The van der Waals surface area contributed by atoms with Gasteiger partial charge in [0.2, 0.25) is 12.3 Å². The monoisotopic (exact) mass is 320 g/mol. The Labute approximate surface area is 132 Å². The zero-order valence-electron chi connectivity index (χ0n) is 12.7. The first-order valence-corrected chi connectivity index (χ1v) is 6.53. The summed E-state index contributed by atoms with van der Waals surface area (Å²) in [5.74, 6) is 0.129. The van der Waals surface area contributed by atoms with Gasteiger partial charge in [-0.1, -0.05) is 0 Å². The third-order valence-corrected chi connectivity index (χ3v) is 2.49. The number of halogens is 1. The molecule has 0 fully saturated rings. The van der Waals surface area contributed by atoms with Gasteiger partial charge >= 0.3 is 0 Å². The van der Waals surface area contributed by atoms with Crippen molar-refractivity contribution < 1.29 is 18.7 Å². The molecular formula is C15H17FN4O3. The summed E-state index contributed by atoms with van der Waals surface area (Å²) in [5, 5.41) is 4.73. The Balaban J connectivity index is 0.000000463. The average Bonchev–Trinajstić information content (AvgIpc) is 2.51. The van der Waals surface area contributed by atoms with Crippen LogP contribution in [0, 0.1) is 5.82 Å². The maximum absolute atomic E-state index is 13.6. The molecule has 0 atom stereocenters. The van der Waals surface area contributed by atoms with Gasteiger partial charge < -0.3 is 21.1 Å². The van der Waals surface area contributed by atoms with Crippen molar-refractivity contribution in [2.24, 2.45) is 0 Å². The van der Waals surface area contributed by atoms with Crippen molar-refractivity contribution in [3.05, 3.63) is 42.3 Å². The number of carbonyl (C=O) groups excluding carboxylic acids is 2. The number of amides is 2. The maximum Gasteiger partial charge on any atom is 0.216 e. The second-order valence-electron chi connectivity index (χ2n) is 4.23. The molecule has 23 heavy (non-hydrogen) atoms. The van der Waals surface area contributed by atoms with Crippen molar-refractivity contribution >= 4 is 23.8 Å². The minimum atomic E-state index is -0.586. The van der Waals surface area contributed by atoms with Crippen LogP contribution in [0.3, 0.4) is 0 Å². The molecule has 7 nitrogen and oxygen atoms in total. The topological polar surface area (TPSA) is 106 Å². The number of benzene rings is 1. The summed E-state index contributed by atoms with van der Waals surface area (Å²) in [7, 11) is 1.60. The van der Waals surface area contributed by atoms with E-state index in [0.717, 1.165) is 6.07 Å². The molecule has 0 aliphatic heterocycles. The number of carbonyl (C=O) groups is 2. The predicted octanol–water partition coefficient (Wildman–Crippen LogP) is 1.92. The lowest BCUT2D eigenvalue weighted by molar-refractivity contribution is -0.118. The number of nitrogens with one attached hydrogen (secondary N) is 2. The zero-order chi connectivity index (χ0) is 17.2. The van der Waals surface area contributed by atoms with E-state index >= 15 is 0 Å². The Morgan fingerprint density at radius 3 is 2.57 bits per heavy atom. The van der Waals surface area contributed by atoms with Crippen LogP contribution in [0.15, 0.2) is 36.5 Å². The quantitative estimate of drug-likeness (QED) is 0.746. The van der Waals surface area contributed by atoms with E-state index in [9.17, 15) is 14.0 Å². The first-order chi connectivity index (χ1) is 11.0. The molecule has 1 aromatic carbocycles. The molecule has 0 spiro atoms. The fourth-order valence-electron chi connectivity index (χ4n) is 1.36. The molecule has 0 unspecified atom stereocenters. The first-order valence-electron chi connectivity index (χ1n) is 6.53. The summed E-state index contributed by atoms with van der Waals surface area (Å²) < 4.78 is 18.9. The molecule has 0 radical (unpaired) electrons. The van der Waals surface area contributed by atoms with Crippen LogP contribution in [-0.2, 0) is 9.59 Å². The molecule has 122 valence electrons. The average molecular weight is 320 g/mol. The van der Waals surface area contributed by atoms with E-state index in [1.807, 2.05) is 0 Å². The van der Waals surface area contributed by atoms with Gasteiger partial charge in [-0.05, 0) is 18.2 Å². The zero-order valence-corrected chi connectivity index (χ0v) is 12.7. The Hall–Kier alpha value is -3.16. The minimum absolute atomic E-state index is 0.00463. The molecule has 8 heteroatoms. The highest BCUT2D eigenvalue weighted by Gasteiger charge is 2.06. The highest BCUT2D eigenvalue weighted by molar-refractivity contribution is 5.72. The summed E-state index contributed by atoms with van der Waals surface area (Å²) in [6, 6.07) is 7.15. The largest absolute Gasteiger partial charge is 0.454 e. The number of rotatable bonds is 4. The molecular weight excluding hydrogens is 303 g/mol. The van der Waals surface area contributed by atoms with Gasteiger partial charge in [0.1, 0.15) is 11.6 Å². The summed E-state index contributed by atoms with van der Waals surface area (Å²) in [5.41, 5.74) is 5.83. The van der Waals surface area contributed by atoms with Crippen molar-refractivity contribution in [3.63, 3.8) is 0 Å². The van der Waals surface area contributed by atoms with E-state index in [1.165, 1.54) is 31.3 Å². The van der Waals surface area contributed by atoms with E-state index in [2.05, 4.69) is 15.6 Å². The number of hydrogen-bond acceptors (Lipinski definition) is 5. The second-order valence-corrected chi connectivity index (χ2v) is 4.23. The standard InChI is InChI=1S/C12H10FN3O2.C3H7NO/c13-10-5-8(16-7-17)1-2-11(10)18-9-3-4-15-12(14)6-9;1-3(5)4-2/h1-7H,(H2,14,15)(H,16,17);1-2H3,(H,4,5). The Bertz CT molecular complexity index is 680. The number of pyridine rings is 1. The normalized spacial score (nSPS) is 9.17. The van der Waals surface area contributed by atoms with Gasteiger partial charge in [-0.25, -0.2) is 9.37 Å². The van der Waals surface area contributed by atoms with Crippen LogP contribution in [0.4, 0.5) is 15.9 Å². The number of aromatic nitrogens is 1. The van der Waals surface area contributed by atoms with E-state index in [4.69, 9.17) is 10.5 Å². The predicted molar refractivity (Wildman–Crippen MR) is 84.6 cm³/mol. The third kappa shape index (κ3) is 6.42. The Kier molecular flexibility index (Phi) is 6.99. The van der Waals surface area contributed by atoms with E-state index in [-0.39, 0.29) is 17.5 Å². The highest BCUT2D eigenvalue weighted by Crippen LogP contribution is 2.26. The van der Waals surface area contributed by atoms with Crippen molar-refractivity contribution in [1.82, 2.24) is 10.3 Å². The third-order valence-electron chi connectivity index (χ3n) is 2.49. The molecule has 0 saturated carbocycles.